The van der Waals surface area contributed by atoms with Gasteiger partial charge in [-0.2, -0.15) is 0 Å². The van der Waals surface area contributed by atoms with E-state index in [1.807, 2.05) is 0 Å². The number of nitrogens with zero attached hydrogens (tertiary/aromatic N) is 1. The Bertz CT molecular complexity index is 475. The van der Waals surface area contributed by atoms with Crippen LogP contribution in [0.25, 0.3) is 0 Å². The van der Waals surface area contributed by atoms with Crippen molar-refractivity contribution in [2.45, 2.75) is 30.9 Å². The van der Waals surface area contributed by atoms with E-state index >= 15 is 0 Å². The van der Waals surface area contributed by atoms with Crippen LogP contribution in [0.15, 0.2) is 24.3 Å². The Morgan fingerprint density at radius 1 is 1.18 bits per heavy atom. The number of morpholine rings is 1. The van der Waals surface area contributed by atoms with Crippen LogP contribution in [-0.4, -0.2) is 61.2 Å². The molecule has 0 aliphatic carbocycles. The molecule has 2 saturated heterocycles. The average molecular weight is 309 g/mol. The van der Waals surface area contributed by atoms with Crippen molar-refractivity contribution in [3.05, 3.63) is 35.6 Å². The average Bonchev–Trinajstić information content (AvgIpc) is 2.58. The first-order valence-electron chi connectivity index (χ1n) is 8.02. The highest BCUT2D eigenvalue weighted by Gasteiger charge is 2.38. The van der Waals surface area contributed by atoms with Crippen LogP contribution in [0.1, 0.15) is 18.4 Å². The normalized spacial score (nSPS) is 27.9. The largest absolute Gasteiger partial charge is 0.393 e. The third-order valence-corrected chi connectivity index (χ3v) is 4.71. The molecular formula is C17H24FNO3. The molecule has 0 unspecified atom stereocenters. The van der Waals surface area contributed by atoms with Crippen LogP contribution in [0, 0.1) is 5.82 Å². The second-order valence-electron chi connectivity index (χ2n) is 6.31. The Kier molecular flexibility index (Phi) is 5.08. The number of aliphatic hydroxyl groups excluding tert-OH is 1. The van der Waals surface area contributed by atoms with Crippen LogP contribution >= 0.6 is 0 Å². The molecule has 2 aliphatic heterocycles. The van der Waals surface area contributed by atoms with Crippen molar-refractivity contribution in [3.63, 3.8) is 0 Å². The SMILES string of the molecule is OC[C@@]1(Cc2ccc(F)cc2)CN(C2CCOCC2)CCO1. The maximum absolute atomic E-state index is 13.0. The minimum atomic E-state index is -0.589. The summed E-state index contributed by atoms with van der Waals surface area (Å²) in [4.78, 5) is 2.42. The fraction of sp³-hybridized carbons (Fsp3) is 0.647. The summed E-state index contributed by atoms with van der Waals surface area (Å²) in [6.45, 7) is 3.84. The smallest absolute Gasteiger partial charge is 0.123 e. The molecule has 0 spiro atoms. The van der Waals surface area contributed by atoms with Crippen molar-refractivity contribution in [3.8, 4) is 0 Å². The van der Waals surface area contributed by atoms with Gasteiger partial charge in [0.05, 0.1) is 13.2 Å². The lowest BCUT2D eigenvalue weighted by molar-refractivity contribution is -0.146. The minimum Gasteiger partial charge on any atom is -0.393 e. The molecule has 122 valence electrons. The lowest BCUT2D eigenvalue weighted by Gasteiger charge is -2.45. The monoisotopic (exact) mass is 309 g/mol. The van der Waals surface area contributed by atoms with Crippen LogP contribution in [0.2, 0.25) is 0 Å². The quantitative estimate of drug-likeness (QED) is 0.917. The number of ether oxygens (including phenoxy) is 2. The molecule has 2 aliphatic rings. The molecule has 3 rings (SSSR count). The van der Waals surface area contributed by atoms with E-state index in [2.05, 4.69) is 4.90 Å². The first kappa shape index (κ1) is 15.9. The molecule has 0 amide bonds. The van der Waals surface area contributed by atoms with E-state index in [-0.39, 0.29) is 12.4 Å². The van der Waals surface area contributed by atoms with Gasteiger partial charge in [-0.05, 0) is 30.5 Å². The van der Waals surface area contributed by atoms with Gasteiger partial charge in [0.25, 0.3) is 0 Å². The molecule has 1 aromatic rings. The first-order chi connectivity index (χ1) is 10.7. The summed E-state index contributed by atoms with van der Waals surface area (Å²) in [7, 11) is 0. The lowest BCUT2D eigenvalue weighted by Crippen LogP contribution is -2.58. The van der Waals surface area contributed by atoms with E-state index in [1.165, 1.54) is 12.1 Å². The summed E-state index contributed by atoms with van der Waals surface area (Å²) >= 11 is 0. The molecule has 0 bridgehead atoms. The summed E-state index contributed by atoms with van der Waals surface area (Å²) in [5.41, 5.74) is 0.401. The van der Waals surface area contributed by atoms with Gasteiger partial charge in [0.2, 0.25) is 0 Å². The highest BCUT2D eigenvalue weighted by molar-refractivity contribution is 5.19. The molecule has 0 aromatic heterocycles. The fourth-order valence-electron chi connectivity index (χ4n) is 3.47. The zero-order valence-corrected chi connectivity index (χ0v) is 12.8. The van der Waals surface area contributed by atoms with Gasteiger partial charge in [-0.25, -0.2) is 4.39 Å². The topological polar surface area (TPSA) is 41.9 Å². The van der Waals surface area contributed by atoms with E-state index in [9.17, 15) is 9.50 Å². The van der Waals surface area contributed by atoms with Crippen LogP contribution < -0.4 is 0 Å². The number of hydrogen-bond acceptors (Lipinski definition) is 4. The van der Waals surface area contributed by atoms with E-state index in [1.54, 1.807) is 12.1 Å². The number of halogens is 1. The van der Waals surface area contributed by atoms with Crippen LogP contribution in [0.5, 0.6) is 0 Å². The summed E-state index contributed by atoms with van der Waals surface area (Å²) in [5.74, 6) is -0.241. The van der Waals surface area contributed by atoms with Crippen molar-refractivity contribution < 1.29 is 19.0 Å². The molecule has 2 fully saturated rings. The van der Waals surface area contributed by atoms with E-state index in [4.69, 9.17) is 9.47 Å². The van der Waals surface area contributed by atoms with Crippen LogP contribution in [0.4, 0.5) is 4.39 Å². The summed E-state index contributed by atoms with van der Waals surface area (Å²) in [6, 6.07) is 6.96. The number of hydrogen-bond donors (Lipinski definition) is 1. The Morgan fingerprint density at radius 3 is 2.59 bits per heavy atom. The Morgan fingerprint density at radius 2 is 1.91 bits per heavy atom. The van der Waals surface area contributed by atoms with Gasteiger partial charge in [0.1, 0.15) is 11.4 Å². The van der Waals surface area contributed by atoms with Gasteiger partial charge in [-0.3, -0.25) is 4.90 Å². The molecule has 22 heavy (non-hydrogen) atoms. The predicted molar refractivity (Wildman–Crippen MR) is 81.3 cm³/mol. The Hall–Kier alpha value is -1.01. The highest BCUT2D eigenvalue weighted by Crippen LogP contribution is 2.26. The van der Waals surface area contributed by atoms with Gasteiger partial charge in [-0.1, -0.05) is 12.1 Å². The lowest BCUT2D eigenvalue weighted by atomic mass is 9.91. The van der Waals surface area contributed by atoms with Crippen molar-refractivity contribution in [1.29, 1.82) is 0 Å². The van der Waals surface area contributed by atoms with E-state index in [0.717, 1.165) is 38.2 Å². The molecule has 4 nitrogen and oxygen atoms in total. The first-order valence-corrected chi connectivity index (χ1v) is 8.02. The van der Waals surface area contributed by atoms with Crippen LogP contribution in [0.3, 0.4) is 0 Å². The molecule has 5 heteroatoms. The zero-order valence-electron chi connectivity index (χ0n) is 12.8. The molecule has 2 heterocycles. The number of rotatable bonds is 4. The van der Waals surface area contributed by atoms with Crippen molar-refractivity contribution in [2.24, 2.45) is 0 Å². The van der Waals surface area contributed by atoms with Gasteiger partial charge >= 0.3 is 0 Å². The summed E-state index contributed by atoms with van der Waals surface area (Å²) in [5, 5.41) is 9.92. The maximum atomic E-state index is 13.0. The summed E-state index contributed by atoms with van der Waals surface area (Å²) in [6.07, 6.45) is 2.68. The van der Waals surface area contributed by atoms with Gasteiger partial charge in [0, 0.05) is 38.8 Å². The van der Waals surface area contributed by atoms with Gasteiger partial charge in [-0.15, -0.1) is 0 Å². The molecule has 1 atom stereocenters. The Labute approximate surface area is 130 Å². The minimum absolute atomic E-state index is 0.0237. The third-order valence-electron chi connectivity index (χ3n) is 4.71. The van der Waals surface area contributed by atoms with Gasteiger partial charge in [0.15, 0.2) is 0 Å². The second-order valence-corrected chi connectivity index (χ2v) is 6.31. The van der Waals surface area contributed by atoms with Crippen LogP contribution in [-0.2, 0) is 15.9 Å². The zero-order chi connectivity index (χ0) is 15.4. The predicted octanol–water partition coefficient (Wildman–Crippen LogP) is 1.61. The molecule has 1 N–H and O–H groups in total. The number of aliphatic hydroxyl groups is 1. The fourth-order valence-corrected chi connectivity index (χ4v) is 3.47. The highest BCUT2D eigenvalue weighted by atomic mass is 19.1. The molecule has 1 aromatic carbocycles. The molecule has 0 saturated carbocycles. The number of benzene rings is 1. The maximum Gasteiger partial charge on any atom is 0.123 e. The van der Waals surface area contributed by atoms with E-state index < -0.39 is 5.60 Å². The second kappa shape index (κ2) is 7.04. The van der Waals surface area contributed by atoms with Gasteiger partial charge < -0.3 is 14.6 Å². The van der Waals surface area contributed by atoms with Crippen molar-refractivity contribution in [2.75, 3.05) is 39.5 Å². The van der Waals surface area contributed by atoms with E-state index in [0.29, 0.717) is 25.6 Å². The van der Waals surface area contributed by atoms with Crippen molar-refractivity contribution in [1.82, 2.24) is 4.90 Å². The van der Waals surface area contributed by atoms with Crippen molar-refractivity contribution >= 4 is 0 Å². The molecule has 0 radical (unpaired) electrons. The Balaban J connectivity index is 1.69. The summed E-state index contributed by atoms with van der Waals surface area (Å²) < 4.78 is 24.4. The molecular weight excluding hydrogens is 285 g/mol. The third kappa shape index (κ3) is 3.66. The standard InChI is InChI=1S/C17H24FNO3/c18-15-3-1-14(2-4-15)11-17(13-20)12-19(7-10-22-17)16-5-8-21-9-6-16/h1-4,16,20H,5-13H2/t17-/m1/s1.